The molecule has 0 radical (unpaired) electrons. The lowest BCUT2D eigenvalue weighted by Gasteiger charge is -2.27. The summed E-state index contributed by atoms with van der Waals surface area (Å²) in [7, 11) is 0. The van der Waals surface area contributed by atoms with Gasteiger partial charge >= 0.3 is 0 Å². The zero-order chi connectivity index (χ0) is 17.6. The second kappa shape index (κ2) is 7.73. The first-order chi connectivity index (χ1) is 12.2. The van der Waals surface area contributed by atoms with Crippen LogP contribution >= 0.6 is 0 Å². The summed E-state index contributed by atoms with van der Waals surface area (Å²) in [5, 5.41) is 11.8. The van der Waals surface area contributed by atoms with Crippen molar-refractivity contribution in [3.05, 3.63) is 52.8 Å². The number of carbonyl (C=O) groups excluding carboxylic acids is 1. The van der Waals surface area contributed by atoms with Crippen LogP contribution in [0.4, 0.5) is 5.95 Å². The number of hydrogen-bond donors (Lipinski definition) is 1. The minimum atomic E-state index is -0.235. The number of aromatic nitrogens is 2. The Kier molecular flexibility index (Phi) is 5.21. The van der Waals surface area contributed by atoms with Crippen molar-refractivity contribution in [2.75, 3.05) is 31.2 Å². The summed E-state index contributed by atoms with van der Waals surface area (Å²) in [5.41, 5.74) is 2.52. The summed E-state index contributed by atoms with van der Waals surface area (Å²) in [5.74, 6) is 0.431. The van der Waals surface area contributed by atoms with Gasteiger partial charge in [-0.05, 0) is 31.2 Å². The molecule has 2 heterocycles. The van der Waals surface area contributed by atoms with Crippen molar-refractivity contribution >= 4 is 11.9 Å². The molecule has 7 nitrogen and oxygen atoms in total. The third-order valence-corrected chi connectivity index (χ3v) is 3.87. The van der Waals surface area contributed by atoms with E-state index >= 15 is 0 Å². The standard InChI is InChI=1S/C18H19N5O2/c1-13-9-16(22-18(21-13)23-5-7-25-8-6-23)12-20-17(24)15-4-2-3-14(10-15)11-19/h2-4,9-10H,5-8,12H2,1H3,(H,20,24). The van der Waals surface area contributed by atoms with E-state index < -0.39 is 0 Å². The molecule has 128 valence electrons. The minimum absolute atomic E-state index is 0.235. The fraction of sp³-hybridized carbons (Fsp3) is 0.333. The molecule has 1 aromatic carbocycles. The zero-order valence-electron chi connectivity index (χ0n) is 14.0. The van der Waals surface area contributed by atoms with E-state index in [1.165, 1.54) is 0 Å². The molecular formula is C18H19N5O2. The maximum atomic E-state index is 12.3. The average molecular weight is 337 g/mol. The molecule has 0 bridgehead atoms. The van der Waals surface area contributed by atoms with Gasteiger partial charge in [0.05, 0.1) is 37.1 Å². The van der Waals surface area contributed by atoms with Crippen molar-refractivity contribution < 1.29 is 9.53 Å². The lowest BCUT2D eigenvalue weighted by molar-refractivity contribution is 0.0950. The molecule has 0 atom stereocenters. The third kappa shape index (κ3) is 4.31. The van der Waals surface area contributed by atoms with E-state index in [4.69, 9.17) is 10.00 Å². The molecule has 1 aliphatic heterocycles. The Morgan fingerprint density at radius 3 is 2.88 bits per heavy atom. The number of hydrogen-bond acceptors (Lipinski definition) is 6. The Labute approximate surface area is 146 Å². The Balaban J connectivity index is 1.69. The van der Waals surface area contributed by atoms with Gasteiger partial charge < -0.3 is 15.0 Å². The fourth-order valence-electron chi connectivity index (χ4n) is 2.62. The molecular weight excluding hydrogens is 318 g/mol. The SMILES string of the molecule is Cc1cc(CNC(=O)c2cccc(C#N)c2)nc(N2CCOCC2)n1. The molecule has 0 unspecified atom stereocenters. The van der Waals surface area contributed by atoms with Crippen LogP contribution in [0.3, 0.4) is 0 Å². The Bertz CT molecular complexity index is 809. The monoisotopic (exact) mass is 337 g/mol. The van der Waals surface area contributed by atoms with Crippen LogP contribution in [0.5, 0.6) is 0 Å². The molecule has 1 aliphatic rings. The van der Waals surface area contributed by atoms with Crippen LogP contribution in [0.2, 0.25) is 0 Å². The van der Waals surface area contributed by atoms with Crippen LogP contribution in [0.25, 0.3) is 0 Å². The maximum Gasteiger partial charge on any atom is 0.251 e. The number of aryl methyl sites for hydroxylation is 1. The smallest absolute Gasteiger partial charge is 0.251 e. The second-order valence-corrected chi connectivity index (χ2v) is 5.78. The number of morpholine rings is 1. The molecule has 25 heavy (non-hydrogen) atoms. The van der Waals surface area contributed by atoms with Crippen molar-refractivity contribution in [3.8, 4) is 6.07 Å². The van der Waals surface area contributed by atoms with E-state index in [0.29, 0.717) is 36.8 Å². The normalized spacial score (nSPS) is 14.0. The van der Waals surface area contributed by atoms with Gasteiger partial charge in [-0.3, -0.25) is 4.79 Å². The topological polar surface area (TPSA) is 91.1 Å². The second-order valence-electron chi connectivity index (χ2n) is 5.78. The highest BCUT2D eigenvalue weighted by Crippen LogP contribution is 2.12. The molecule has 1 saturated heterocycles. The molecule has 0 saturated carbocycles. The number of benzene rings is 1. The summed E-state index contributed by atoms with van der Waals surface area (Å²) in [6.07, 6.45) is 0. The first-order valence-electron chi connectivity index (χ1n) is 8.11. The fourth-order valence-corrected chi connectivity index (χ4v) is 2.62. The summed E-state index contributed by atoms with van der Waals surface area (Å²) in [4.78, 5) is 23.4. The largest absolute Gasteiger partial charge is 0.378 e. The maximum absolute atomic E-state index is 12.3. The van der Waals surface area contributed by atoms with Crippen molar-refractivity contribution in [3.63, 3.8) is 0 Å². The van der Waals surface area contributed by atoms with Crippen LogP contribution in [-0.4, -0.2) is 42.2 Å². The van der Waals surface area contributed by atoms with E-state index in [2.05, 4.69) is 20.2 Å². The number of ether oxygens (including phenoxy) is 1. The highest BCUT2D eigenvalue weighted by atomic mass is 16.5. The molecule has 7 heteroatoms. The van der Waals surface area contributed by atoms with Crippen LogP contribution in [0, 0.1) is 18.3 Å². The number of anilines is 1. The van der Waals surface area contributed by atoms with Crippen LogP contribution in [0.15, 0.2) is 30.3 Å². The first kappa shape index (κ1) is 16.9. The van der Waals surface area contributed by atoms with Crippen molar-refractivity contribution in [2.24, 2.45) is 0 Å². The third-order valence-electron chi connectivity index (χ3n) is 3.87. The predicted molar refractivity (Wildman–Crippen MR) is 92.1 cm³/mol. The number of amides is 1. The van der Waals surface area contributed by atoms with Gasteiger partial charge in [-0.25, -0.2) is 9.97 Å². The van der Waals surface area contributed by atoms with E-state index in [0.717, 1.165) is 24.5 Å². The van der Waals surface area contributed by atoms with Gasteiger partial charge in [0.2, 0.25) is 5.95 Å². The summed E-state index contributed by atoms with van der Waals surface area (Å²) in [6, 6.07) is 10.5. The van der Waals surface area contributed by atoms with E-state index in [-0.39, 0.29) is 5.91 Å². The summed E-state index contributed by atoms with van der Waals surface area (Å²) < 4.78 is 5.35. The van der Waals surface area contributed by atoms with Crippen LogP contribution in [0.1, 0.15) is 27.3 Å². The number of nitrogens with zero attached hydrogens (tertiary/aromatic N) is 4. The van der Waals surface area contributed by atoms with Crippen LogP contribution < -0.4 is 10.2 Å². The van der Waals surface area contributed by atoms with Gasteiger partial charge in [-0.2, -0.15) is 5.26 Å². The highest BCUT2D eigenvalue weighted by Gasteiger charge is 2.15. The number of nitrogens with one attached hydrogen (secondary N) is 1. The quantitative estimate of drug-likeness (QED) is 0.907. The highest BCUT2D eigenvalue weighted by molar-refractivity contribution is 5.94. The molecule has 1 fully saturated rings. The Hall–Kier alpha value is -2.98. The molecule has 1 N–H and O–H groups in total. The van der Waals surface area contributed by atoms with Crippen molar-refractivity contribution in [1.29, 1.82) is 5.26 Å². The molecule has 0 spiro atoms. The molecule has 3 rings (SSSR count). The van der Waals surface area contributed by atoms with E-state index in [1.807, 2.05) is 19.1 Å². The van der Waals surface area contributed by atoms with E-state index in [1.54, 1.807) is 24.3 Å². The van der Waals surface area contributed by atoms with Crippen molar-refractivity contribution in [1.82, 2.24) is 15.3 Å². The summed E-state index contributed by atoms with van der Waals surface area (Å²) in [6.45, 7) is 5.06. The van der Waals surface area contributed by atoms with Gasteiger partial charge in [0.15, 0.2) is 0 Å². The molecule has 1 amide bonds. The van der Waals surface area contributed by atoms with Gasteiger partial charge in [0.25, 0.3) is 5.91 Å². The predicted octanol–water partition coefficient (Wildman–Crippen LogP) is 1.42. The molecule has 0 aliphatic carbocycles. The molecule has 2 aromatic rings. The number of rotatable bonds is 4. The first-order valence-corrected chi connectivity index (χ1v) is 8.11. The van der Waals surface area contributed by atoms with E-state index in [9.17, 15) is 4.79 Å². The Morgan fingerprint density at radius 1 is 1.32 bits per heavy atom. The summed E-state index contributed by atoms with van der Waals surface area (Å²) >= 11 is 0. The van der Waals surface area contributed by atoms with Gasteiger partial charge in [0.1, 0.15) is 0 Å². The Morgan fingerprint density at radius 2 is 2.12 bits per heavy atom. The number of carbonyl (C=O) groups is 1. The van der Waals surface area contributed by atoms with Crippen LogP contribution in [-0.2, 0) is 11.3 Å². The average Bonchev–Trinajstić information content (AvgIpc) is 2.66. The zero-order valence-corrected chi connectivity index (χ0v) is 14.0. The van der Waals surface area contributed by atoms with Gasteiger partial charge in [-0.1, -0.05) is 6.07 Å². The lowest BCUT2D eigenvalue weighted by Crippen LogP contribution is -2.37. The lowest BCUT2D eigenvalue weighted by atomic mass is 10.1. The van der Waals surface area contributed by atoms with Crippen molar-refractivity contribution in [2.45, 2.75) is 13.5 Å². The van der Waals surface area contributed by atoms with Gasteiger partial charge in [0, 0.05) is 24.3 Å². The minimum Gasteiger partial charge on any atom is -0.378 e. The molecule has 1 aromatic heterocycles. The van der Waals surface area contributed by atoms with Gasteiger partial charge in [-0.15, -0.1) is 0 Å². The number of nitriles is 1.